The van der Waals surface area contributed by atoms with Crippen molar-refractivity contribution in [2.45, 2.75) is 33.2 Å². The molecule has 0 aliphatic rings. The van der Waals surface area contributed by atoms with Crippen molar-refractivity contribution >= 4 is 23.6 Å². The van der Waals surface area contributed by atoms with Gasteiger partial charge in [-0.15, -0.1) is 0 Å². The van der Waals surface area contributed by atoms with Gasteiger partial charge in [0.2, 0.25) is 5.91 Å². The first-order valence-electron chi connectivity index (χ1n) is 8.32. The van der Waals surface area contributed by atoms with Gasteiger partial charge in [-0.3, -0.25) is 4.79 Å². The van der Waals surface area contributed by atoms with Gasteiger partial charge in [0.1, 0.15) is 0 Å². The van der Waals surface area contributed by atoms with E-state index in [0.29, 0.717) is 10.9 Å². The minimum atomic E-state index is -0.0942. The molecule has 0 aliphatic carbocycles. The van der Waals surface area contributed by atoms with E-state index in [1.165, 1.54) is 5.56 Å². The molecule has 1 amide bonds. The summed E-state index contributed by atoms with van der Waals surface area (Å²) in [6.45, 7) is 6.36. The predicted octanol–water partition coefficient (Wildman–Crippen LogP) is 5.43. The van der Waals surface area contributed by atoms with E-state index in [0.717, 1.165) is 17.5 Å². The van der Waals surface area contributed by atoms with E-state index in [1.54, 1.807) is 12.2 Å². The third-order valence-corrected chi connectivity index (χ3v) is 4.26. The minimum Gasteiger partial charge on any atom is -0.345 e. The quantitative estimate of drug-likeness (QED) is 0.697. The molecule has 0 bridgehead atoms. The average Bonchev–Trinajstić information content (AvgIpc) is 2.59. The molecule has 24 heavy (non-hydrogen) atoms. The fraction of sp³-hybridized carbons (Fsp3) is 0.286. The SMILES string of the molecule is CCc1ccc([C@@H](NC(=O)/C=C/c2ccc(Cl)cc2)C(C)C)cc1. The fourth-order valence-electron chi connectivity index (χ4n) is 2.54. The first-order chi connectivity index (χ1) is 11.5. The van der Waals surface area contributed by atoms with Crippen LogP contribution in [0.4, 0.5) is 0 Å². The lowest BCUT2D eigenvalue weighted by Crippen LogP contribution is -2.30. The Morgan fingerprint density at radius 2 is 1.71 bits per heavy atom. The second-order valence-corrected chi connectivity index (χ2v) is 6.65. The second-order valence-electron chi connectivity index (χ2n) is 6.21. The highest BCUT2D eigenvalue weighted by molar-refractivity contribution is 6.30. The van der Waals surface area contributed by atoms with Crippen LogP contribution in [-0.2, 0) is 11.2 Å². The number of carbonyl (C=O) groups excluding carboxylic acids is 1. The molecule has 0 unspecified atom stereocenters. The molecule has 0 fully saturated rings. The highest BCUT2D eigenvalue weighted by Crippen LogP contribution is 2.22. The van der Waals surface area contributed by atoms with Crippen molar-refractivity contribution in [2.75, 3.05) is 0 Å². The molecular formula is C21H24ClNO. The zero-order chi connectivity index (χ0) is 17.5. The van der Waals surface area contributed by atoms with Crippen LogP contribution in [0.3, 0.4) is 0 Å². The van der Waals surface area contributed by atoms with Crippen molar-refractivity contribution in [3.63, 3.8) is 0 Å². The van der Waals surface area contributed by atoms with Gasteiger partial charge in [0.05, 0.1) is 6.04 Å². The molecule has 3 heteroatoms. The smallest absolute Gasteiger partial charge is 0.244 e. The van der Waals surface area contributed by atoms with Crippen LogP contribution in [0.5, 0.6) is 0 Å². The zero-order valence-corrected chi connectivity index (χ0v) is 15.2. The molecule has 0 heterocycles. The molecule has 0 spiro atoms. The van der Waals surface area contributed by atoms with E-state index in [9.17, 15) is 4.79 Å². The summed E-state index contributed by atoms with van der Waals surface area (Å²) in [6, 6.07) is 15.8. The van der Waals surface area contributed by atoms with Crippen molar-refractivity contribution in [1.29, 1.82) is 0 Å². The van der Waals surface area contributed by atoms with Gasteiger partial charge < -0.3 is 5.32 Å². The van der Waals surface area contributed by atoms with E-state index in [2.05, 4.69) is 50.4 Å². The molecule has 2 aromatic rings. The number of nitrogens with one attached hydrogen (secondary N) is 1. The number of halogens is 1. The van der Waals surface area contributed by atoms with Crippen molar-refractivity contribution in [3.8, 4) is 0 Å². The van der Waals surface area contributed by atoms with Gasteiger partial charge in [0, 0.05) is 11.1 Å². The summed E-state index contributed by atoms with van der Waals surface area (Å²) in [5.41, 5.74) is 3.38. The minimum absolute atomic E-state index is 0.00160. The molecule has 0 saturated heterocycles. The molecule has 0 saturated carbocycles. The van der Waals surface area contributed by atoms with Gasteiger partial charge >= 0.3 is 0 Å². The van der Waals surface area contributed by atoms with Crippen LogP contribution < -0.4 is 5.32 Å². The Morgan fingerprint density at radius 3 is 2.25 bits per heavy atom. The lowest BCUT2D eigenvalue weighted by Gasteiger charge is -2.22. The summed E-state index contributed by atoms with van der Waals surface area (Å²) in [5.74, 6) is 0.216. The van der Waals surface area contributed by atoms with Gasteiger partial charge in [0.15, 0.2) is 0 Å². The Balaban J connectivity index is 2.06. The van der Waals surface area contributed by atoms with E-state index < -0.39 is 0 Å². The van der Waals surface area contributed by atoms with Crippen molar-refractivity contribution in [2.24, 2.45) is 5.92 Å². The van der Waals surface area contributed by atoms with E-state index >= 15 is 0 Å². The molecule has 2 rings (SSSR count). The molecule has 2 nitrogen and oxygen atoms in total. The Morgan fingerprint density at radius 1 is 1.08 bits per heavy atom. The van der Waals surface area contributed by atoms with Crippen LogP contribution in [-0.4, -0.2) is 5.91 Å². The Labute approximate surface area is 149 Å². The Hall–Kier alpha value is -2.06. The monoisotopic (exact) mass is 341 g/mol. The molecule has 126 valence electrons. The van der Waals surface area contributed by atoms with Crippen molar-refractivity contribution in [3.05, 3.63) is 76.3 Å². The zero-order valence-electron chi connectivity index (χ0n) is 14.4. The van der Waals surface area contributed by atoms with Crippen molar-refractivity contribution < 1.29 is 4.79 Å². The maximum atomic E-state index is 12.3. The van der Waals surface area contributed by atoms with E-state index in [4.69, 9.17) is 11.6 Å². The number of aryl methyl sites for hydroxylation is 1. The average molecular weight is 342 g/mol. The van der Waals surface area contributed by atoms with Gasteiger partial charge in [0.25, 0.3) is 0 Å². The third kappa shape index (κ3) is 5.24. The molecule has 2 aromatic carbocycles. The van der Waals surface area contributed by atoms with Crippen LogP contribution in [0.15, 0.2) is 54.6 Å². The summed E-state index contributed by atoms with van der Waals surface area (Å²) in [6.07, 6.45) is 4.38. The molecular weight excluding hydrogens is 318 g/mol. The molecule has 0 aliphatic heterocycles. The number of hydrogen-bond donors (Lipinski definition) is 1. The van der Waals surface area contributed by atoms with Gasteiger partial charge in [-0.2, -0.15) is 0 Å². The standard InChI is InChI=1S/C21H24ClNO/c1-4-16-5-10-18(11-6-16)21(15(2)3)23-20(24)14-9-17-7-12-19(22)13-8-17/h5-15,21H,4H2,1-3H3,(H,23,24)/b14-9+/t21-/m0/s1. The summed E-state index contributed by atoms with van der Waals surface area (Å²) in [7, 11) is 0. The summed E-state index contributed by atoms with van der Waals surface area (Å²) < 4.78 is 0. The van der Waals surface area contributed by atoms with Gasteiger partial charge in [-0.25, -0.2) is 0 Å². The molecule has 0 aromatic heterocycles. The van der Waals surface area contributed by atoms with Crippen LogP contribution >= 0.6 is 11.6 Å². The number of hydrogen-bond acceptors (Lipinski definition) is 1. The number of rotatable bonds is 6. The topological polar surface area (TPSA) is 29.1 Å². The van der Waals surface area contributed by atoms with Crippen LogP contribution in [0.2, 0.25) is 5.02 Å². The van der Waals surface area contributed by atoms with Crippen molar-refractivity contribution in [1.82, 2.24) is 5.32 Å². The third-order valence-electron chi connectivity index (χ3n) is 4.01. The number of amides is 1. The molecule has 0 radical (unpaired) electrons. The van der Waals surface area contributed by atoms with Gasteiger partial charge in [-0.05, 0) is 47.2 Å². The van der Waals surface area contributed by atoms with Crippen LogP contribution in [0, 0.1) is 5.92 Å². The summed E-state index contributed by atoms with van der Waals surface area (Å²) in [4.78, 5) is 12.3. The van der Waals surface area contributed by atoms with Crippen LogP contribution in [0.25, 0.3) is 6.08 Å². The first kappa shape index (κ1) is 18.3. The van der Waals surface area contributed by atoms with Crippen LogP contribution in [0.1, 0.15) is 43.5 Å². The number of benzene rings is 2. The van der Waals surface area contributed by atoms with E-state index in [1.807, 2.05) is 24.3 Å². The lowest BCUT2D eigenvalue weighted by molar-refractivity contribution is -0.117. The maximum absolute atomic E-state index is 12.3. The second kappa shape index (κ2) is 8.70. The Kier molecular flexibility index (Phi) is 6.62. The van der Waals surface area contributed by atoms with Gasteiger partial charge in [-0.1, -0.05) is 68.8 Å². The Bertz CT molecular complexity index is 687. The maximum Gasteiger partial charge on any atom is 0.244 e. The first-order valence-corrected chi connectivity index (χ1v) is 8.70. The largest absolute Gasteiger partial charge is 0.345 e. The highest BCUT2D eigenvalue weighted by atomic mass is 35.5. The normalized spacial score (nSPS) is 12.5. The fourth-order valence-corrected chi connectivity index (χ4v) is 2.67. The molecule has 1 N–H and O–H groups in total. The summed E-state index contributed by atoms with van der Waals surface area (Å²) in [5, 5.41) is 3.79. The van der Waals surface area contributed by atoms with E-state index in [-0.39, 0.29) is 11.9 Å². The summed E-state index contributed by atoms with van der Waals surface area (Å²) >= 11 is 5.86. The number of carbonyl (C=O) groups is 1. The lowest BCUT2D eigenvalue weighted by atomic mass is 9.95. The molecule has 1 atom stereocenters. The highest BCUT2D eigenvalue weighted by Gasteiger charge is 2.17. The predicted molar refractivity (Wildman–Crippen MR) is 102 cm³/mol.